The van der Waals surface area contributed by atoms with Crippen LogP contribution in [0.2, 0.25) is 0 Å². The van der Waals surface area contributed by atoms with Crippen LogP contribution in [0.15, 0.2) is 0 Å². The van der Waals surface area contributed by atoms with Crippen LogP contribution in [0.4, 0.5) is 0 Å². The molecule has 3 N–H and O–H groups in total. The molecule has 0 aromatic carbocycles. The Balaban J connectivity index is 3.44. The normalized spacial score (nSPS) is 13.0. The van der Waals surface area contributed by atoms with Gasteiger partial charge in [-0.1, -0.05) is 6.42 Å². The first kappa shape index (κ1) is 11.3. The van der Waals surface area contributed by atoms with E-state index in [-0.39, 0.29) is 11.8 Å². The summed E-state index contributed by atoms with van der Waals surface area (Å²) in [5.74, 6) is 0.205. The Morgan fingerprint density at radius 1 is 1.64 bits per heavy atom. The van der Waals surface area contributed by atoms with Gasteiger partial charge in [-0.15, -0.1) is 0 Å². The van der Waals surface area contributed by atoms with E-state index in [9.17, 15) is 4.79 Å². The molecule has 0 saturated carbocycles. The number of carbonyl (C=O) groups excluding carboxylic acids is 1. The van der Waals surface area contributed by atoms with Gasteiger partial charge in [-0.05, 0) is 26.3 Å². The zero-order valence-electron chi connectivity index (χ0n) is 6.77. The van der Waals surface area contributed by atoms with Crippen LogP contribution < -0.4 is 9.26 Å². The van der Waals surface area contributed by atoms with Gasteiger partial charge in [-0.3, -0.25) is 8.32 Å². The highest BCUT2D eigenvalue weighted by molar-refractivity contribution is 14.1. The highest BCUT2D eigenvalue weighted by Crippen LogP contribution is 2.02. The van der Waals surface area contributed by atoms with Crippen molar-refractivity contribution in [2.75, 3.05) is 6.54 Å². The van der Waals surface area contributed by atoms with E-state index >= 15 is 0 Å². The summed E-state index contributed by atoms with van der Waals surface area (Å²) in [6.07, 6.45) is 2.92. The third-order valence-electron chi connectivity index (χ3n) is 1.57. The fourth-order valence-electron chi connectivity index (χ4n) is 0.827. The van der Waals surface area contributed by atoms with Crippen molar-refractivity contribution in [2.45, 2.75) is 32.2 Å². The summed E-state index contributed by atoms with van der Waals surface area (Å²) in [7, 11) is 0. The van der Waals surface area contributed by atoms with Crippen LogP contribution in [-0.4, -0.2) is 18.4 Å². The fourth-order valence-corrected chi connectivity index (χ4v) is 1.58. The van der Waals surface area contributed by atoms with Gasteiger partial charge in [-0.2, -0.15) is 0 Å². The topological polar surface area (TPSA) is 55.1 Å². The van der Waals surface area contributed by atoms with E-state index in [1.54, 1.807) is 6.92 Å². The van der Waals surface area contributed by atoms with Gasteiger partial charge in [0.05, 0.1) is 6.04 Å². The summed E-state index contributed by atoms with van der Waals surface area (Å²) >= 11 is 2.01. The van der Waals surface area contributed by atoms with Crippen LogP contribution >= 0.6 is 22.9 Å². The van der Waals surface area contributed by atoms with Crippen LogP contribution in [0.3, 0.4) is 0 Å². The van der Waals surface area contributed by atoms with E-state index in [0.717, 1.165) is 19.3 Å². The molecule has 0 spiro atoms. The van der Waals surface area contributed by atoms with Gasteiger partial charge in [0.1, 0.15) is 5.78 Å². The van der Waals surface area contributed by atoms with Gasteiger partial charge in [0, 0.05) is 22.9 Å². The molecule has 0 aliphatic rings. The maximum absolute atomic E-state index is 10.9. The highest BCUT2D eigenvalue weighted by Gasteiger charge is 2.10. The van der Waals surface area contributed by atoms with E-state index < -0.39 is 0 Å². The largest absolute Gasteiger partial charge is 0.330 e. The third-order valence-corrected chi connectivity index (χ3v) is 2.32. The molecule has 3 nitrogen and oxygen atoms in total. The van der Waals surface area contributed by atoms with Gasteiger partial charge in [0.25, 0.3) is 0 Å². The van der Waals surface area contributed by atoms with E-state index in [2.05, 4.69) is 3.53 Å². The first-order valence-electron chi connectivity index (χ1n) is 3.79. The number of Topliss-reactive ketones (excluding diaryl/α,β-unsaturated/α-hetero) is 1. The molecule has 0 aromatic rings. The molecule has 0 amide bonds. The Morgan fingerprint density at radius 2 is 2.27 bits per heavy atom. The molecule has 11 heavy (non-hydrogen) atoms. The second-order valence-electron chi connectivity index (χ2n) is 2.56. The lowest BCUT2D eigenvalue weighted by Gasteiger charge is -2.09. The standard InChI is InChI=1S/C7H15IN2O/c1-6(11)7(10-8)4-2-3-5-9/h7,10H,2-5,9H2,1H3. The van der Waals surface area contributed by atoms with Crippen LogP contribution in [0.25, 0.3) is 0 Å². The monoisotopic (exact) mass is 270 g/mol. The minimum absolute atomic E-state index is 0.0159. The second kappa shape index (κ2) is 7.00. The Hall–Kier alpha value is 0.320. The van der Waals surface area contributed by atoms with Crippen molar-refractivity contribution in [1.29, 1.82) is 0 Å². The molecule has 0 saturated heterocycles. The lowest BCUT2D eigenvalue weighted by atomic mass is 10.1. The maximum atomic E-state index is 10.9. The fraction of sp³-hybridized carbons (Fsp3) is 0.857. The average Bonchev–Trinajstić information content (AvgIpc) is 1.97. The number of nitrogens with one attached hydrogen (secondary N) is 1. The lowest BCUT2D eigenvalue weighted by Crippen LogP contribution is -2.28. The number of unbranched alkanes of at least 4 members (excludes halogenated alkanes) is 1. The zero-order chi connectivity index (χ0) is 8.69. The van der Waals surface area contributed by atoms with E-state index in [0.29, 0.717) is 6.54 Å². The van der Waals surface area contributed by atoms with Crippen molar-refractivity contribution in [3.63, 3.8) is 0 Å². The molecule has 0 radical (unpaired) electrons. The summed E-state index contributed by atoms with van der Waals surface area (Å²) < 4.78 is 2.94. The summed E-state index contributed by atoms with van der Waals surface area (Å²) in [6.45, 7) is 2.32. The van der Waals surface area contributed by atoms with Crippen molar-refractivity contribution in [2.24, 2.45) is 5.73 Å². The number of carbonyl (C=O) groups is 1. The summed E-state index contributed by atoms with van der Waals surface area (Å²) in [5.41, 5.74) is 5.33. The maximum Gasteiger partial charge on any atom is 0.147 e. The minimum atomic E-state index is 0.0159. The number of hydrogen-bond donors (Lipinski definition) is 2. The van der Waals surface area contributed by atoms with E-state index in [4.69, 9.17) is 5.73 Å². The molecule has 1 unspecified atom stereocenters. The quantitative estimate of drug-likeness (QED) is 0.430. The Morgan fingerprint density at radius 3 is 2.64 bits per heavy atom. The summed E-state index contributed by atoms with van der Waals surface area (Å²) in [5, 5.41) is 0. The summed E-state index contributed by atoms with van der Waals surface area (Å²) in [6, 6.07) is 0.0159. The van der Waals surface area contributed by atoms with Crippen molar-refractivity contribution >= 4 is 28.6 Å². The molecule has 0 rings (SSSR count). The average molecular weight is 270 g/mol. The third kappa shape index (κ3) is 5.57. The van der Waals surface area contributed by atoms with Crippen LogP contribution in [0.5, 0.6) is 0 Å². The molecule has 0 aromatic heterocycles. The predicted octanol–water partition coefficient (Wildman–Crippen LogP) is 1.01. The Bertz CT molecular complexity index is 119. The second-order valence-corrected chi connectivity index (χ2v) is 3.18. The zero-order valence-corrected chi connectivity index (χ0v) is 8.93. The molecule has 0 aliphatic heterocycles. The molecule has 4 heteroatoms. The lowest BCUT2D eigenvalue weighted by molar-refractivity contribution is -0.118. The molecule has 0 aliphatic carbocycles. The number of ketones is 1. The van der Waals surface area contributed by atoms with Gasteiger partial charge >= 0.3 is 0 Å². The van der Waals surface area contributed by atoms with Gasteiger partial charge < -0.3 is 5.73 Å². The molecule has 1 atom stereocenters. The first-order chi connectivity index (χ1) is 5.22. The van der Waals surface area contributed by atoms with Gasteiger partial charge in [0.15, 0.2) is 0 Å². The number of halogens is 1. The predicted molar refractivity (Wildman–Crippen MR) is 54.5 cm³/mol. The molecule has 66 valence electrons. The van der Waals surface area contributed by atoms with Gasteiger partial charge in [0.2, 0.25) is 0 Å². The van der Waals surface area contributed by atoms with Crippen molar-refractivity contribution in [3.8, 4) is 0 Å². The Kier molecular flexibility index (Phi) is 7.20. The van der Waals surface area contributed by atoms with Crippen LogP contribution in [0.1, 0.15) is 26.2 Å². The first-order valence-corrected chi connectivity index (χ1v) is 4.87. The van der Waals surface area contributed by atoms with E-state index in [1.165, 1.54) is 0 Å². The molecular weight excluding hydrogens is 255 g/mol. The molecule has 0 fully saturated rings. The number of rotatable bonds is 6. The minimum Gasteiger partial charge on any atom is -0.330 e. The molecule has 0 bridgehead atoms. The van der Waals surface area contributed by atoms with Crippen molar-refractivity contribution < 1.29 is 4.79 Å². The highest BCUT2D eigenvalue weighted by atomic mass is 127. The van der Waals surface area contributed by atoms with Crippen LogP contribution in [-0.2, 0) is 4.79 Å². The Labute approximate surface area is 81.6 Å². The SMILES string of the molecule is CC(=O)C(CCCCN)NI. The van der Waals surface area contributed by atoms with Gasteiger partial charge in [-0.25, -0.2) is 0 Å². The smallest absolute Gasteiger partial charge is 0.147 e. The molecular formula is C7H15IN2O. The van der Waals surface area contributed by atoms with Crippen molar-refractivity contribution in [1.82, 2.24) is 3.53 Å². The van der Waals surface area contributed by atoms with Crippen molar-refractivity contribution in [3.05, 3.63) is 0 Å². The number of hydrogen-bond acceptors (Lipinski definition) is 3. The van der Waals surface area contributed by atoms with E-state index in [1.807, 2.05) is 22.9 Å². The molecule has 0 heterocycles. The summed E-state index contributed by atoms with van der Waals surface area (Å²) in [4.78, 5) is 10.9. The number of nitrogens with two attached hydrogens (primary N) is 1. The van der Waals surface area contributed by atoms with Crippen LogP contribution in [0, 0.1) is 0 Å².